The maximum atomic E-state index is 5.72. The summed E-state index contributed by atoms with van der Waals surface area (Å²) in [7, 11) is 2.19. The maximum absolute atomic E-state index is 5.72. The topological polar surface area (TPSA) is 45.4 Å². The van der Waals surface area contributed by atoms with Crippen LogP contribution in [0.15, 0.2) is 24.3 Å². The normalized spacial score (nSPS) is 16.4. The van der Waals surface area contributed by atoms with E-state index >= 15 is 0 Å². The van der Waals surface area contributed by atoms with Gasteiger partial charge in [-0.25, -0.2) is 4.98 Å². The van der Waals surface area contributed by atoms with Gasteiger partial charge in [-0.15, -0.1) is 0 Å². The van der Waals surface area contributed by atoms with Crippen molar-refractivity contribution in [1.82, 2.24) is 9.88 Å². The molecule has 0 bridgehead atoms. The number of aryl methyl sites for hydroxylation is 2. The van der Waals surface area contributed by atoms with Crippen LogP contribution in [0.25, 0.3) is 10.9 Å². The summed E-state index contributed by atoms with van der Waals surface area (Å²) >= 11 is 0. The average Bonchev–Trinajstić information content (AvgIpc) is 2.53. The highest BCUT2D eigenvalue weighted by atomic mass is 15.3. The third-order valence-corrected chi connectivity index (χ3v) is 4.56. The minimum atomic E-state index is 0.730. The van der Waals surface area contributed by atoms with E-state index in [1.54, 1.807) is 0 Å². The number of fused-ring (bicyclic) bond motifs is 1. The van der Waals surface area contributed by atoms with Crippen molar-refractivity contribution in [3.63, 3.8) is 0 Å². The molecule has 1 aliphatic heterocycles. The zero-order valence-corrected chi connectivity index (χ0v) is 13.7. The van der Waals surface area contributed by atoms with Gasteiger partial charge < -0.3 is 15.5 Å². The van der Waals surface area contributed by atoms with Gasteiger partial charge in [0.05, 0.1) is 5.52 Å². The van der Waals surface area contributed by atoms with Crippen LogP contribution in [0.3, 0.4) is 0 Å². The van der Waals surface area contributed by atoms with Crippen LogP contribution in [0, 0.1) is 6.92 Å². The predicted molar refractivity (Wildman–Crippen MR) is 93.6 cm³/mol. The summed E-state index contributed by atoms with van der Waals surface area (Å²) in [6, 6.07) is 8.73. The van der Waals surface area contributed by atoms with Crippen LogP contribution >= 0.6 is 0 Å². The predicted octanol–water partition coefficient (Wildman–Crippen LogP) is 2.19. The maximum Gasteiger partial charge on any atom is 0.132 e. The van der Waals surface area contributed by atoms with Crippen molar-refractivity contribution < 1.29 is 0 Å². The molecule has 0 aliphatic carbocycles. The molecule has 4 nitrogen and oxygen atoms in total. The van der Waals surface area contributed by atoms with E-state index in [0.717, 1.165) is 51.1 Å². The summed E-state index contributed by atoms with van der Waals surface area (Å²) in [5, 5.41) is 1.24. The van der Waals surface area contributed by atoms with Gasteiger partial charge in [0, 0.05) is 31.6 Å². The number of nitrogens with two attached hydrogens (primary N) is 1. The highest BCUT2D eigenvalue weighted by Crippen LogP contribution is 2.27. The molecular formula is C18H26N4. The van der Waals surface area contributed by atoms with Gasteiger partial charge in [-0.05, 0) is 50.6 Å². The average molecular weight is 298 g/mol. The lowest BCUT2D eigenvalue weighted by Gasteiger charge is -2.34. The van der Waals surface area contributed by atoms with Crippen molar-refractivity contribution in [2.24, 2.45) is 5.73 Å². The van der Waals surface area contributed by atoms with Crippen LogP contribution in [-0.4, -0.2) is 49.7 Å². The number of benzene rings is 1. The van der Waals surface area contributed by atoms with Gasteiger partial charge in [-0.1, -0.05) is 18.2 Å². The van der Waals surface area contributed by atoms with Crippen molar-refractivity contribution in [2.75, 3.05) is 44.7 Å². The van der Waals surface area contributed by atoms with Crippen LogP contribution < -0.4 is 10.6 Å². The third kappa shape index (κ3) is 3.08. The SMILES string of the molecule is Cc1cccc2cc(CCCN)c(N3CCN(C)CC3)nc12. The van der Waals surface area contributed by atoms with E-state index in [4.69, 9.17) is 10.7 Å². The smallest absolute Gasteiger partial charge is 0.132 e. The Balaban J connectivity index is 2.02. The molecule has 0 unspecified atom stereocenters. The van der Waals surface area contributed by atoms with Crippen molar-refractivity contribution >= 4 is 16.7 Å². The minimum Gasteiger partial charge on any atom is -0.354 e. The van der Waals surface area contributed by atoms with Gasteiger partial charge in [-0.3, -0.25) is 0 Å². The molecular weight excluding hydrogens is 272 g/mol. The summed E-state index contributed by atoms with van der Waals surface area (Å²) in [5.41, 5.74) is 9.44. The highest BCUT2D eigenvalue weighted by molar-refractivity contribution is 5.84. The molecule has 22 heavy (non-hydrogen) atoms. The number of likely N-dealkylation sites (N-methyl/N-ethyl adjacent to an activating group) is 1. The number of hydrogen-bond acceptors (Lipinski definition) is 4. The number of anilines is 1. The molecule has 0 amide bonds. The Bertz CT molecular complexity index is 645. The molecule has 1 aromatic carbocycles. The molecule has 1 aliphatic rings. The first-order valence-electron chi connectivity index (χ1n) is 8.22. The molecule has 1 aromatic heterocycles. The van der Waals surface area contributed by atoms with E-state index in [-0.39, 0.29) is 0 Å². The summed E-state index contributed by atoms with van der Waals surface area (Å²) in [6.07, 6.45) is 2.02. The lowest BCUT2D eigenvalue weighted by molar-refractivity contribution is 0.312. The zero-order valence-electron chi connectivity index (χ0n) is 13.7. The number of piperazine rings is 1. The molecule has 1 saturated heterocycles. The number of para-hydroxylation sites is 1. The molecule has 2 N–H and O–H groups in total. The second-order valence-corrected chi connectivity index (χ2v) is 6.30. The van der Waals surface area contributed by atoms with E-state index in [1.165, 1.54) is 22.3 Å². The minimum absolute atomic E-state index is 0.730. The highest BCUT2D eigenvalue weighted by Gasteiger charge is 2.19. The Morgan fingerprint density at radius 2 is 1.95 bits per heavy atom. The third-order valence-electron chi connectivity index (χ3n) is 4.56. The van der Waals surface area contributed by atoms with Gasteiger partial charge >= 0.3 is 0 Å². The monoisotopic (exact) mass is 298 g/mol. The molecule has 0 saturated carbocycles. The largest absolute Gasteiger partial charge is 0.354 e. The molecule has 0 spiro atoms. The molecule has 0 radical (unpaired) electrons. The van der Waals surface area contributed by atoms with Crippen LogP contribution in [0.2, 0.25) is 0 Å². The fraction of sp³-hybridized carbons (Fsp3) is 0.500. The number of aromatic nitrogens is 1. The number of nitrogens with zero attached hydrogens (tertiary/aromatic N) is 3. The molecule has 2 heterocycles. The first-order valence-corrected chi connectivity index (χ1v) is 8.22. The first-order chi connectivity index (χ1) is 10.7. The van der Waals surface area contributed by atoms with Gasteiger partial charge in [0.15, 0.2) is 0 Å². The lowest BCUT2D eigenvalue weighted by atomic mass is 10.0. The van der Waals surface area contributed by atoms with Crippen LogP contribution in [0.4, 0.5) is 5.82 Å². The Labute approximate surface area is 132 Å². The summed E-state index contributed by atoms with van der Waals surface area (Å²) in [6.45, 7) is 7.18. The van der Waals surface area contributed by atoms with E-state index in [1.807, 2.05) is 0 Å². The van der Waals surface area contributed by atoms with Gasteiger partial charge in [0.2, 0.25) is 0 Å². The standard InChI is InChI=1S/C18H26N4/c1-14-5-3-6-15-13-16(7-4-8-19)18(20-17(14)15)22-11-9-21(2)10-12-22/h3,5-6,13H,4,7-12,19H2,1-2H3. The number of hydrogen-bond donors (Lipinski definition) is 1. The molecule has 4 heteroatoms. The van der Waals surface area contributed by atoms with Crippen molar-refractivity contribution in [2.45, 2.75) is 19.8 Å². The number of rotatable bonds is 4. The van der Waals surface area contributed by atoms with Crippen molar-refractivity contribution in [3.05, 3.63) is 35.4 Å². The summed E-state index contributed by atoms with van der Waals surface area (Å²) in [4.78, 5) is 9.86. The Kier molecular flexibility index (Phi) is 4.60. The Hall–Kier alpha value is -1.65. The molecule has 118 valence electrons. The Morgan fingerprint density at radius 3 is 2.68 bits per heavy atom. The van der Waals surface area contributed by atoms with Gasteiger partial charge in [-0.2, -0.15) is 0 Å². The van der Waals surface area contributed by atoms with Gasteiger partial charge in [0.1, 0.15) is 5.82 Å². The lowest BCUT2D eigenvalue weighted by Crippen LogP contribution is -2.45. The second kappa shape index (κ2) is 6.63. The van der Waals surface area contributed by atoms with E-state index in [0.29, 0.717) is 0 Å². The fourth-order valence-corrected chi connectivity index (χ4v) is 3.15. The fourth-order valence-electron chi connectivity index (χ4n) is 3.15. The van der Waals surface area contributed by atoms with Gasteiger partial charge in [0.25, 0.3) is 0 Å². The number of pyridine rings is 1. The Morgan fingerprint density at radius 1 is 1.18 bits per heavy atom. The molecule has 1 fully saturated rings. The van der Waals surface area contributed by atoms with Crippen LogP contribution in [-0.2, 0) is 6.42 Å². The van der Waals surface area contributed by atoms with E-state index in [2.05, 4.69) is 48.0 Å². The first kappa shape index (κ1) is 15.3. The molecule has 2 aromatic rings. The van der Waals surface area contributed by atoms with Crippen molar-refractivity contribution in [1.29, 1.82) is 0 Å². The van der Waals surface area contributed by atoms with E-state index < -0.39 is 0 Å². The van der Waals surface area contributed by atoms with Crippen molar-refractivity contribution in [3.8, 4) is 0 Å². The quantitative estimate of drug-likeness (QED) is 0.940. The summed E-state index contributed by atoms with van der Waals surface area (Å²) < 4.78 is 0. The zero-order chi connectivity index (χ0) is 15.5. The van der Waals surface area contributed by atoms with Crippen LogP contribution in [0.1, 0.15) is 17.5 Å². The van der Waals surface area contributed by atoms with E-state index in [9.17, 15) is 0 Å². The summed E-state index contributed by atoms with van der Waals surface area (Å²) in [5.74, 6) is 1.17. The second-order valence-electron chi connectivity index (χ2n) is 6.30. The van der Waals surface area contributed by atoms with Crippen LogP contribution in [0.5, 0.6) is 0 Å². The molecule has 3 rings (SSSR count). The molecule has 0 atom stereocenters.